The summed E-state index contributed by atoms with van der Waals surface area (Å²) in [5, 5.41) is 1.82. The van der Waals surface area contributed by atoms with Gasteiger partial charge in [0.05, 0.1) is 6.95 Å². The summed E-state index contributed by atoms with van der Waals surface area (Å²) in [6.45, 7) is 16.3. The number of hydrogen-bond donors (Lipinski definition) is 0. The van der Waals surface area contributed by atoms with E-state index in [-0.39, 0.29) is 64.6 Å². The van der Waals surface area contributed by atoms with E-state index in [0.29, 0.717) is 22.4 Å². The molecule has 0 aliphatic heterocycles. The van der Waals surface area contributed by atoms with Gasteiger partial charge in [0.25, 0.3) is 0 Å². The summed E-state index contributed by atoms with van der Waals surface area (Å²) in [7, 11) is 0. The smallest absolute Gasteiger partial charge is 0.125 e. The van der Waals surface area contributed by atoms with Crippen molar-refractivity contribution in [3.63, 3.8) is 0 Å². The van der Waals surface area contributed by atoms with Crippen LogP contribution in [0.15, 0.2) is 126 Å². The molecule has 307 valence electrons. The SMILES string of the molecule is CC(C)(C)c1ccc(-c2[c-]cccc2)nc1.[2H]c1cc(C(C)(C)C)cc(C([2H])([2H])[2H])c1-c1cc(-c2[c-]ccc3c2oc2c4c(ccc23)-c2ccccc2C(C)(C)C4(C)C)ncc1C([2H])([2H])[2H].[Ir]. The third kappa shape index (κ3) is 7.48. The molecule has 3 heterocycles. The quantitative estimate of drug-likeness (QED) is 0.166. The van der Waals surface area contributed by atoms with Gasteiger partial charge in [0.2, 0.25) is 0 Å². The third-order valence-electron chi connectivity index (χ3n) is 12.5. The largest absolute Gasteiger partial charge is 0.500 e. The molecule has 1 radical (unpaired) electrons. The second kappa shape index (κ2) is 15.7. The van der Waals surface area contributed by atoms with Gasteiger partial charge in [-0.05, 0) is 91.4 Å². The van der Waals surface area contributed by atoms with Gasteiger partial charge in [-0.3, -0.25) is 0 Å². The summed E-state index contributed by atoms with van der Waals surface area (Å²) in [5.74, 6) is 0. The van der Waals surface area contributed by atoms with Crippen molar-refractivity contribution in [2.24, 2.45) is 0 Å². The predicted octanol–water partition coefficient (Wildman–Crippen LogP) is 15.1. The van der Waals surface area contributed by atoms with Gasteiger partial charge in [-0.2, -0.15) is 0 Å². The molecule has 0 atom stereocenters. The first-order chi connectivity index (χ1) is 30.7. The number of aryl methyl sites for hydroxylation is 2. The topological polar surface area (TPSA) is 38.9 Å². The first-order valence-electron chi connectivity index (χ1n) is 23.8. The molecule has 3 aromatic heterocycles. The van der Waals surface area contributed by atoms with Gasteiger partial charge >= 0.3 is 0 Å². The Hall–Kier alpha value is -5.15. The Morgan fingerprint density at radius 2 is 1.32 bits per heavy atom. The van der Waals surface area contributed by atoms with Crippen LogP contribution >= 0.6 is 0 Å². The van der Waals surface area contributed by atoms with Gasteiger partial charge in [0.15, 0.2) is 0 Å². The van der Waals surface area contributed by atoms with E-state index >= 15 is 0 Å². The molecule has 60 heavy (non-hydrogen) atoms. The Balaban J connectivity index is 0.000000331. The van der Waals surface area contributed by atoms with Gasteiger partial charge < -0.3 is 14.4 Å². The van der Waals surface area contributed by atoms with Crippen LogP contribution in [0.3, 0.4) is 0 Å². The van der Waals surface area contributed by atoms with Crippen LogP contribution < -0.4 is 0 Å². The van der Waals surface area contributed by atoms with Crippen LogP contribution in [0, 0.1) is 25.8 Å². The number of fused-ring (bicyclic) bond motifs is 7. The van der Waals surface area contributed by atoms with Crippen molar-refractivity contribution in [3.8, 4) is 44.8 Å². The molecule has 4 heteroatoms. The average molecular weight is 972 g/mol. The van der Waals surface area contributed by atoms with Gasteiger partial charge in [0.1, 0.15) is 5.58 Å². The fourth-order valence-corrected chi connectivity index (χ4v) is 8.25. The monoisotopic (exact) mass is 972 g/mol. The van der Waals surface area contributed by atoms with Gasteiger partial charge in [-0.15, -0.1) is 54.1 Å². The third-order valence-corrected chi connectivity index (χ3v) is 12.5. The summed E-state index contributed by atoms with van der Waals surface area (Å²) >= 11 is 0. The Labute approximate surface area is 380 Å². The summed E-state index contributed by atoms with van der Waals surface area (Å²) in [6.07, 6.45) is 3.23. The van der Waals surface area contributed by atoms with Crippen LogP contribution in [0.4, 0.5) is 0 Å². The number of hydrogen-bond acceptors (Lipinski definition) is 3. The Morgan fingerprint density at radius 3 is 2.00 bits per heavy atom. The van der Waals surface area contributed by atoms with E-state index in [2.05, 4.69) is 119 Å². The standard InChI is InChI=1S/C41H40NO.C15H16N.Ir/c1-24-21-26(39(3,4)5)17-18-27(24)33-22-35(42-23-25(33)2)32-15-12-14-30-31-20-19-29-28-13-10-11-16-34(28)40(6,7)41(8,9)36(29)38(31)43-37(30)32;1-15(2,3)13-9-10-14(16-11-13)12-7-5-4-6-8-12;/h10-14,16-23H,1-9H3;4-7,9-11H,1-3H3;/q2*-1;/i1D3,2D3,18D;;. The van der Waals surface area contributed by atoms with E-state index in [0.717, 1.165) is 38.7 Å². The predicted molar refractivity (Wildman–Crippen MR) is 248 cm³/mol. The van der Waals surface area contributed by atoms with E-state index in [4.69, 9.17) is 14.0 Å². The molecule has 0 bridgehead atoms. The van der Waals surface area contributed by atoms with E-state index < -0.39 is 19.1 Å². The van der Waals surface area contributed by atoms with E-state index in [1.165, 1.54) is 22.9 Å². The number of pyridine rings is 2. The zero-order valence-corrected chi connectivity index (χ0v) is 38.5. The summed E-state index contributed by atoms with van der Waals surface area (Å²) < 4.78 is 66.3. The second-order valence-corrected chi connectivity index (χ2v) is 18.9. The molecule has 0 unspecified atom stereocenters. The Kier molecular flexibility index (Phi) is 9.05. The zero-order chi connectivity index (χ0) is 47.9. The van der Waals surface area contributed by atoms with Crippen LogP contribution in [0.5, 0.6) is 0 Å². The minimum Gasteiger partial charge on any atom is -0.500 e. The molecule has 1 aliphatic carbocycles. The molecule has 0 fully saturated rings. The van der Waals surface area contributed by atoms with Gasteiger partial charge in [-0.1, -0.05) is 153 Å². The van der Waals surface area contributed by atoms with Crippen LogP contribution in [-0.2, 0) is 41.8 Å². The van der Waals surface area contributed by atoms with Crippen LogP contribution in [0.1, 0.15) is 112 Å². The minimum absolute atomic E-state index is 0. The molecule has 0 saturated heterocycles. The summed E-state index contributed by atoms with van der Waals surface area (Å²) in [6, 6.07) is 39.9. The van der Waals surface area contributed by atoms with Crippen molar-refractivity contribution < 1.29 is 34.1 Å². The molecular formula is C56H56IrN2O-2. The number of nitrogens with zero attached hydrogens (tertiary/aromatic N) is 2. The van der Waals surface area contributed by atoms with Crippen molar-refractivity contribution in [1.82, 2.24) is 9.97 Å². The number of aromatic nitrogens is 2. The first-order valence-corrected chi connectivity index (χ1v) is 20.3. The summed E-state index contributed by atoms with van der Waals surface area (Å²) in [4.78, 5) is 9.10. The number of furan rings is 1. The maximum Gasteiger partial charge on any atom is 0.125 e. The number of rotatable bonds is 3. The minimum atomic E-state index is -2.62. The van der Waals surface area contributed by atoms with Crippen molar-refractivity contribution in [2.75, 3.05) is 0 Å². The van der Waals surface area contributed by atoms with Crippen LogP contribution in [0.2, 0.25) is 0 Å². The van der Waals surface area contributed by atoms with E-state index in [9.17, 15) is 0 Å². The maximum absolute atomic E-state index is 9.06. The van der Waals surface area contributed by atoms with Gasteiger partial charge in [0, 0.05) is 57.1 Å². The van der Waals surface area contributed by atoms with Crippen molar-refractivity contribution in [2.45, 2.75) is 105 Å². The summed E-state index contributed by atoms with van der Waals surface area (Å²) in [5.41, 5.74) is 10.1. The molecule has 0 N–H and O–H groups in total. The molecule has 5 aromatic carbocycles. The zero-order valence-electron chi connectivity index (χ0n) is 43.1. The van der Waals surface area contributed by atoms with Crippen molar-refractivity contribution in [3.05, 3.63) is 167 Å². The van der Waals surface area contributed by atoms with Crippen LogP contribution in [0.25, 0.3) is 66.7 Å². The molecule has 9 rings (SSSR count). The average Bonchev–Trinajstić information content (AvgIpc) is 3.63. The molecular weight excluding hydrogens is 909 g/mol. The Morgan fingerprint density at radius 1 is 0.600 bits per heavy atom. The Bertz CT molecular complexity index is 3130. The normalized spacial score (nSPS) is 16.3. The molecule has 3 nitrogen and oxygen atoms in total. The van der Waals surface area contributed by atoms with Gasteiger partial charge in [-0.25, -0.2) is 0 Å². The van der Waals surface area contributed by atoms with Crippen molar-refractivity contribution >= 4 is 21.9 Å². The molecule has 0 spiro atoms. The fourth-order valence-electron chi connectivity index (χ4n) is 8.25. The molecule has 0 saturated carbocycles. The molecule has 1 aliphatic rings. The molecule has 0 amide bonds. The fraction of sp³-hybridized carbons (Fsp3) is 0.286. The second-order valence-electron chi connectivity index (χ2n) is 18.9. The molecule has 8 aromatic rings. The first kappa shape index (κ1) is 34.5. The number of benzene rings is 5. The van der Waals surface area contributed by atoms with Crippen molar-refractivity contribution in [1.29, 1.82) is 0 Å². The van der Waals surface area contributed by atoms with E-state index in [1.54, 1.807) is 24.3 Å². The maximum atomic E-state index is 9.06. The van der Waals surface area contributed by atoms with Crippen LogP contribution in [-0.4, -0.2) is 9.97 Å². The van der Waals surface area contributed by atoms with E-state index in [1.807, 2.05) is 57.3 Å².